The average molecular weight is 290 g/mol. The van der Waals surface area contributed by atoms with Crippen molar-refractivity contribution in [2.75, 3.05) is 13.6 Å². The van der Waals surface area contributed by atoms with Crippen LogP contribution in [-0.2, 0) is 11.3 Å². The summed E-state index contributed by atoms with van der Waals surface area (Å²) in [5, 5.41) is 3.37. The van der Waals surface area contributed by atoms with Crippen molar-refractivity contribution in [1.29, 1.82) is 0 Å². The molecular weight excluding hydrogens is 264 g/mol. The predicted molar refractivity (Wildman–Crippen MR) is 82.0 cm³/mol. The van der Waals surface area contributed by atoms with Gasteiger partial charge >= 0.3 is 0 Å². The van der Waals surface area contributed by atoms with E-state index >= 15 is 0 Å². The van der Waals surface area contributed by atoms with E-state index in [1.54, 1.807) is 4.90 Å². The molecular formula is C17H26N2O2. The van der Waals surface area contributed by atoms with Gasteiger partial charge in [0.2, 0.25) is 5.91 Å². The van der Waals surface area contributed by atoms with Gasteiger partial charge in [-0.2, -0.15) is 0 Å². The second-order valence-corrected chi connectivity index (χ2v) is 6.67. The number of likely N-dealkylation sites (N-methyl/N-ethyl adjacent to an activating group) is 1. The Morgan fingerprint density at radius 2 is 2.19 bits per heavy atom. The van der Waals surface area contributed by atoms with Crippen LogP contribution in [0.15, 0.2) is 16.5 Å². The quantitative estimate of drug-likeness (QED) is 0.927. The maximum atomic E-state index is 12.5. The van der Waals surface area contributed by atoms with Crippen LogP contribution in [0.5, 0.6) is 0 Å². The van der Waals surface area contributed by atoms with Gasteiger partial charge in [-0.1, -0.05) is 19.8 Å². The largest absolute Gasteiger partial charge is 0.464 e. The first-order valence-corrected chi connectivity index (χ1v) is 8.22. The van der Waals surface area contributed by atoms with Crippen molar-refractivity contribution in [2.45, 2.75) is 57.5 Å². The maximum absolute atomic E-state index is 12.5. The molecule has 1 saturated carbocycles. The molecule has 0 aromatic carbocycles. The first kappa shape index (κ1) is 14.6. The van der Waals surface area contributed by atoms with E-state index in [2.05, 4.69) is 18.3 Å². The molecule has 3 atom stereocenters. The molecule has 4 heteroatoms. The summed E-state index contributed by atoms with van der Waals surface area (Å²) in [5.41, 5.74) is 0. The Kier molecular flexibility index (Phi) is 4.34. The minimum atomic E-state index is -0.0182. The highest BCUT2D eigenvalue weighted by molar-refractivity contribution is 5.81. The molecule has 1 aromatic heterocycles. The number of carbonyl (C=O) groups is 1. The fourth-order valence-electron chi connectivity index (χ4n) is 3.21. The molecule has 2 fully saturated rings. The summed E-state index contributed by atoms with van der Waals surface area (Å²) in [5.74, 6) is 3.52. The van der Waals surface area contributed by atoms with Crippen LogP contribution in [0.3, 0.4) is 0 Å². The van der Waals surface area contributed by atoms with Gasteiger partial charge in [-0.3, -0.25) is 4.79 Å². The summed E-state index contributed by atoms with van der Waals surface area (Å²) in [6.45, 7) is 3.77. The number of furan rings is 1. The zero-order valence-electron chi connectivity index (χ0n) is 13.1. The van der Waals surface area contributed by atoms with E-state index in [9.17, 15) is 4.79 Å². The van der Waals surface area contributed by atoms with E-state index in [0.29, 0.717) is 12.5 Å². The third kappa shape index (κ3) is 3.49. The summed E-state index contributed by atoms with van der Waals surface area (Å²) in [6.07, 6.45) is 5.72. The van der Waals surface area contributed by atoms with E-state index in [1.807, 2.05) is 13.1 Å². The van der Waals surface area contributed by atoms with Crippen molar-refractivity contribution in [3.63, 3.8) is 0 Å². The fourth-order valence-corrected chi connectivity index (χ4v) is 3.21. The second kappa shape index (κ2) is 6.22. The van der Waals surface area contributed by atoms with Gasteiger partial charge in [-0.15, -0.1) is 0 Å². The Morgan fingerprint density at radius 1 is 1.38 bits per heavy atom. The van der Waals surface area contributed by atoms with Crippen LogP contribution in [0.4, 0.5) is 0 Å². The average Bonchev–Trinajstić information content (AvgIpc) is 3.13. The van der Waals surface area contributed by atoms with Crippen LogP contribution in [0.25, 0.3) is 0 Å². The molecule has 1 saturated heterocycles. The summed E-state index contributed by atoms with van der Waals surface area (Å²) in [4.78, 5) is 14.3. The lowest BCUT2D eigenvalue weighted by atomic mass is 10.1. The van der Waals surface area contributed by atoms with Gasteiger partial charge in [-0.05, 0) is 43.9 Å². The Balaban J connectivity index is 1.56. The van der Waals surface area contributed by atoms with E-state index in [-0.39, 0.29) is 11.9 Å². The number of nitrogens with zero attached hydrogens (tertiary/aromatic N) is 1. The Morgan fingerprint density at radius 3 is 2.95 bits per heavy atom. The first-order valence-electron chi connectivity index (χ1n) is 8.22. The number of nitrogens with one attached hydrogen (secondary N) is 1. The van der Waals surface area contributed by atoms with Gasteiger partial charge in [0.1, 0.15) is 11.5 Å². The van der Waals surface area contributed by atoms with E-state index in [1.165, 1.54) is 19.3 Å². The van der Waals surface area contributed by atoms with Crippen molar-refractivity contribution >= 4 is 5.91 Å². The minimum absolute atomic E-state index is 0.0182. The van der Waals surface area contributed by atoms with Gasteiger partial charge in [-0.25, -0.2) is 0 Å². The number of amides is 1. The standard InChI is InChI=1S/C17H26N2O2/c1-12-10-14(12)16-8-7-13(21-16)11-19(2)17(20)15-6-4-3-5-9-18-15/h7-8,12,14-15,18H,3-6,9-11H2,1-2H3. The summed E-state index contributed by atoms with van der Waals surface area (Å²) in [7, 11) is 1.87. The molecule has 1 aliphatic carbocycles. The Labute approximate surface area is 126 Å². The molecule has 1 aromatic rings. The van der Waals surface area contributed by atoms with Crippen LogP contribution in [-0.4, -0.2) is 30.4 Å². The summed E-state index contributed by atoms with van der Waals surface area (Å²) >= 11 is 0. The molecule has 116 valence electrons. The monoisotopic (exact) mass is 290 g/mol. The lowest BCUT2D eigenvalue weighted by Gasteiger charge is -2.22. The van der Waals surface area contributed by atoms with Crippen LogP contribution >= 0.6 is 0 Å². The highest BCUT2D eigenvalue weighted by Crippen LogP contribution is 2.47. The third-order valence-corrected chi connectivity index (χ3v) is 4.79. The summed E-state index contributed by atoms with van der Waals surface area (Å²) in [6, 6.07) is 4.08. The van der Waals surface area contributed by atoms with Gasteiger partial charge in [0.15, 0.2) is 0 Å². The molecule has 2 aliphatic rings. The van der Waals surface area contributed by atoms with Crippen molar-refractivity contribution in [1.82, 2.24) is 10.2 Å². The first-order chi connectivity index (χ1) is 10.1. The molecule has 1 amide bonds. The number of hydrogen-bond acceptors (Lipinski definition) is 3. The molecule has 0 bridgehead atoms. The van der Waals surface area contributed by atoms with E-state index < -0.39 is 0 Å². The number of rotatable bonds is 4. The number of carbonyl (C=O) groups excluding carboxylic acids is 1. The molecule has 1 N–H and O–H groups in total. The van der Waals surface area contributed by atoms with Crippen LogP contribution < -0.4 is 5.32 Å². The van der Waals surface area contributed by atoms with Gasteiger partial charge < -0.3 is 14.6 Å². The molecule has 0 radical (unpaired) electrons. The van der Waals surface area contributed by atoms with Crippen LogP contribution in [0.1, 0.15) is 56.5 Å². The normalized spacial score (nSPS) is 29.0. The molecule has 1 aliphatic heterocycles. The van der Waals surface area contributed by atoms with Crippen molar-refractivity contribution in [3.05, 3.63) is 23.7 Å². The Bertz CT molecular complexity index is 489. The highest BCUT2D eigenvalue weighted by Gasteiger charge is 2.36. The lowest BCUT2D eigenvalue weighted by molar-refractivity contribution is -0.133. The Hall–Kier alpha value is -1.29. The fraction of sp³-hybridized carbons (Fsp3) is 0.706. The molecule has 4 nitrogen and oxygen atoms in total. The molecule has 0 spiro atoms. The van der Waals surface area contributed by atoms with E-state index in [4.69, 9.17) is 4.42 Å². The van der Waals surface area contributed by atoms with Crippen molar-refractivity contribution < 1.29 is 9.21 Å². The smallest absolute Gasteiger partial charge is 0.239 e. The highest BCUT2D eigenvalue weighted by atomic mass is 16.3. The van der Waals surface area contributed by atoms with Crippen molar-refractivity contribution in [2.24, 2.45) is 5.92 Å². The van der Waals surface area contributed by atoms with Gasteiger partial charge in [0.05, 0.1) is 12.6 Å². The molecule has 2 heterocycles. The summed E-state index contributed by atoms with van der Waals surface area (Å²) < 4.78 is 5.90. The zero-order chi connectivity index (χ0) is 14.8. The second-order valence-electron chi connectivity index (χ2n) is 6.67. The van der Waals surface area contributed by atoms with E-state index in [0.717, 1.165) is 36.8 Å². The SMILES string of the molecule is CC1CC1c1ccc(CN(C)C(=O)C2CCCCCN2)o1. The molecule has 3 unspecified atom stereocenters. The topological polar surface area (TPSA) is 45.5 Å². The zero-order valence-corrected chi connectivity index (χ0v) is 13.1. The molecule has 21 heavy (non-hydrogen) atoms. The lowest BCUT2D eigenvalue weighted by Crippen LogP contribution is -2.44. The minimum Gasteiger partial charge on any atom is -0.464 e. The third-order valence-electron chi connectivity index (χ3n) is 4.79. The number of hydrogen-bond donors (Lipinski definition) is 1. The van der Waals surface area contributed by atoms with Gasteiger partial charge in [0.25, 0.3) is 0 Å². The van der Waals surface area contributed by atoms with Crippen molar-refractivity contribution in [3.8, 4) is 0 Å². The van der Waals surface area contributed by atoms with Crippen LogP contribution in [0, 0.1) is 5.92 Å². The van der Waals surface area contributed by atoms with Crippen LogP contribution in [0.2, 0.25) is 0 Å². The maximum Gasteiger partial charge on any atom is 0.239 e. The predicted octanol–water partition coefficient (Wildman–Crippen LogP) is 2.89. The van der Waals surface area contributed by atoms with Gasteiger partial charge in [0, 0.05) is 13.0 Å². The molecule has 3 rings (SSSR count).